The van der Waals surface area contributed by atoms with E-state index in [9.17, 15) is 9.59 Å². The van der Waals surface area contributed by atoms with E-state index in [4.69, 9.17) is 9.84 Å². The standard InChI is InChI=1S/C11H19NO4/c1-16-7-6-10(13)12-9-4-2-8(3-5-9)11(14)15/h8-9H,2-7H2,1H3,(H,12,13)(H,14,15). The Morgan fingerprint density at radius 1 is 1.31 bits per heavy atom. The molecule has 0 radical (unpaired) electrons. The normalized spacial score (nSPS) is 25.1. The number of carboxylic acid groups (broad SMARTS) is 1. The van der Waals surface area contributed by atoms with Crippen LogP contribution in [0.2, 0.25) is 0 Å². The molecule has 0 unspecified atom stereocenters. The summed E-state index contributed by atoms with van der Waals surface area (Å²) in [5, 5.41) is 11.7. The van der Waals surface area contributed by atoms with Gasteiger partial charge in [0.25, 0.3) is 0 Å². The molecule has 1 amide bonds. The molecule has 16 heavy (non-hydrogen) atoms. The largest absolute Gasteiger partial charge is 0.481 e. The smallest absolute Gasteiger partial charge is 0.306 e. The summed E-state index contributed by atoms with van der Waals surface area (Å²) in [5.74, 6) is -0.961. The third-order valence-electron chi connectivity index (χ3n) is 2.97. The second-order valence-electron chi connectivity index (χ2n) is 4.20. The average Bonchev–Trinajstić information content (AvgIpc) is 2.27. The van der Waals surface area contributed by atoms with Crippen molar-refractivity contribution in [1.29, 1.82) is 0 Å². The van der Waals surface area contributed by atoms with E-state index < -0.39 is 5.97 Å². The van der Waals surface area contributed by atoms with Gasteiger partial charge in [0.1, 0.15) is 0 Å². The summed E-state index contributed by atoms with van der Waals surface area (Å²) in [5.41, 5.74) is 0. The molecule has 1 aliphatic rings. The minimum absolute atomic E-state index is 0.0133. The number of hydrogen-bond acceptors (Lipinski definition) is 3. The van der Waals surface area contributed by atoms with E-state index in [0.717, 1.165) is 12.8 Å². The number of ether oxygens (including phenoxy) is 1. The molecule has 0 aromatic heterocycles. The maximum Gasteiger partial charge on any atom is 0.306 e. The highest BCUT2D eigenvalue weighted by molar-refractivity contribution is 5.76. The van der Waals surface area contributed by atoms with Gasteiger partial charge in [0.2, 0.25) is 5.91 Å². The van der Waals surface area contributed by atoms with E-state index in [-0.39, 0.29) is 17.9 Å². The number of carbonyl (C=O) groups excluding carboxylic acids is 1. The third kappa shape index (κ3) is 4.18. The van der Waals surface area contributed by atoms with Crippen LogP contribution >= 0.6 is 0 Å². The van der Waals surface area contributed by atoms with Gasteiger partial charge in [-0.05, 0) is 25.7 Å². The van der Waals surface area contributed by atoms with Crippen molar-refractivity contribution < 1.29 is 19.4 Å². The number of carboxylic acids is 1. The second-order valence-corrected chi connectivity index (χ2v) is 4.20. The molecule has 5 heteroatoms. The van der Waals surface area contributed by atoms with Crippen LogP contribution in [0.25, 0.3) is 0 Å². The molecular weight excluding hydrogens is 210 g/mol. The van der Waals surface area contributed by atoms with Crippen LogP contribution in [0.5, 0.6) is 0 Å². The van der Waals surface area contributed by atoms with Crippen LogP contribution in [0, 0.1) is 5.92 Å². The quantitative estimate of drug-likeness (QED) is 0.730. The van der Waals surface area contributed by atoms with Crippen LogP contribution in [0.1, 0.15) is 32.1 Å². The molecule has 1 rings (SSSR count). The minimum Gasteiger partial charge on any atom is -0.481 e. The molecule has 1 saturated carbocycles. The molecule has 0 aliphatic heterocycles. The molecule has 1 fully saturated rings. The lowest BCUT2D eigenvalue weighted by molar-refractivity contribution is -0.142. The Kier molecular flexibility index (Phi) is 5.25. The van der Waals surface area contributed by atoms with Gasteiger partial charge in [-0.1, -0.05) is 0 Å². The lowest BCUT2D eigenvalue weighted by Crippen LogP contribution is -2.39. The van der Waals surface area contributed by atoms with Crippen LogP contribution in [0.3, 0.4) is 0 Å². The molecule has 0 heterocycles. The number of methoxy groups -OCH3 is 1. The highest BCUT2D eigenvalue weighted by atomic mass is 16.5. The summed E-state index contributed by atoms with van der Waals surface area (Å²) < 4.78 is 4.81. The zero-order valence-electron chi connectivity index (χ0n) is 9.57. The predicted octanol–water partition coefficient (Wildman–Crippen LogP) is 0.782. The molecule has 2 N–H and O–H groups in total. The van der Waals surface area contributed by atoms with Gasteiger partial charge in [-0.2, -0.15) is 0 Å². The van der Waals surface area contributed by atoms with E-state index in [1.54, 1.807) is 7.11 Å². The van der Waals surface area contributed by atoms with Crippen molar-refractivity contribution in [2.45, 2.75) is 38.1 Å². The van der Waals surface area contributed by atoms with Gasteiger partial charge in [-0.15, -0.1) is 0 Å². The van der Waals surface area contributed by atoms with Gasteiger partial charge in [0, 0.05) is 19.6 Å². The number of carbonyl (C=O) groups is 2. The van der Waals surface area contributed by atoms with Crippen molar-refractivity contribution in [1.82, 2.24) is 5.32 Å². The topological polar surface area (TPSA) is 75.6 Å². The Labute approximate surface area is 95.2 Å². The number of rotatable bonds is 5. The van der Waals surface area contributed by atoms with Crippen LogP contribution < -0.4 is 5.32 Å². The van der Waals surface area contributed by atoms with E-state index in [1.807, 2.05) is 0 Å². The fourth-order valence-electron chi connectivity index (χ4n) is 1.98. The molecule has 92 valence electrons. The monoisotopic (exact) mass is 229 g/mol. The molecule has 0 atom stereocenters. The van der Waals surface area contributed by atoms with Crippen LogP contribution in [-0.2, 0) is 14.3 Å². The predicted molar refractivity (Wildman–Crippen MR) is 58.0 cm³/mol. The van der Waals surface area contributed by atoms with Gasteiger partial charge < -0.3 is 15.2 Å². The average molecular weight is 229 g/mol. The van der Waals surface area contributed by atoms with Crippen molar-refractivity contribution >= 4 is 11.9 Å². The first-order chi connectivity index (χ1) is 7.63. The van der Waals surface area contributed by atoms with Gasteiger partial charge >= 0.3 is 5.97 Å². The highest BCUT2D eigenvalue weighted by Gasteiger charge is 2.26. The first-order valence-corrected chi connectivity index (χ1v) is 5.64. The van der Waals surface area contributed by atoms with Crippen LogP contribution in [0.15, 0.2) is 0 Å². The molecule has 0 bridgehead atoms. The lowest BCUT2D eigenvalue weighted by atomic mass is 9.86. The fourth-order valence-corrected chi connectivity index (χ4v) is 1.98. The number of aliphatic carboxylic acids is 1. The Morgan fingerprint density at radius 3 is 2.44 bits per heavy atom. The van der Waals surface area contributed by atoms with Crippen LogP contribution in [0.4, 0.5) is 0 Å². The van der Waals surface area contributed by atoms with Crippen molar-refractivity contribution in [3.63, 3.8) is 0 Å². The Balaban J connectivity index is 2.21. The zero-order valence-corrected chi connectivity index (χ0v) is 9.57. The van der Waals surface area contributed by atoms with Crippen molar-refractivity contribution in [2.75, 3.05) is 13.7 Å². The summed E-state index contributed by atoms with van der Waals surface area (Å²) >= 11 is 0. The van der Waals surface area contributed by atoms with Crippen molar-refractivity contribution in [3.8, 4) is 0 Å². The summed E-state index contributed by atoms with van der Waals surface area (Å²) in [6.07, 6.45) is 3.20. The van der Waals surface area contributed by atoms with Gasteiger partial charge in [0.15, 0.2) is 0 Å². The van der Waals surface area contributed by atoms with Gasteiger partial charge in [-0.3, -0.25) is 9.59 Å². The molecule has 0 aromatic carbocycles. The number of amides is 1. The van der Waals surface area contributed by atoms with E-state index in [0.29, 0.717) is 25.9 Å². The number of hydrogen-bond donors (Lipinski definition) is 2. The molecule has 0 aromatic rings. The Bertz CT molecular complexity index is 246. The summed E-state index contributed by atoms with van der Waals surface area (Å²) in [7, 11) is 1.56. The summed E-state index contributed by atoms with van der Waals surface area (Å²) in [4.78, 5) is 22.1. The molecule has 5 nitrogen and oxygen atoms in total. The van der Waals surface area contributed by atoms with Gasteiger partial charge in [0.05, 0.1) is 12.5 Å². The fraction of sp³-hybridized carbons (Fsp3) is 0.818. The SMILES string of the molecule is COCCC(=O)NC1CCC(C(=O)O)CC1. The number of nitrogens with one attached hydrogen (secondary N) is 1. The van der Waals surface area contributed by atoms with Gasteiger partial charge in [-0.25, -0.2) is 0 Å². The Morgan fingerprint density at radius 2 is 1.94 bits per heavy atom. The lowest BCUT2D eigenvalue weighted by Gasteiger charge is -2.26. The molecular formula is C11H19NO4. The maximum absolute atomic E-state index is 11.4. The Hall–Kier alpha value is -1.10. The van der Waals surface area contributed by atoms with E-state index in [2.05, 4.69) is 5.32 Å². The third-order valence-corrected chi connectivity index (χ3v) is 2.97. The van der Waals surface area contributed by atoms with E-state index in [1.165, 1.54) is 0 Å². The van der Waals surface area contributed by atoms with Crippen molar-refractivity contribution in [3.05, 3.63) is 0 Å². The van der Waals surface area contributed by atoms with Crippen LogP contribution in [-0.4, -0.2) is 36.7 Å². The molecule has 0 saturated heterocycles. The second kappa shape index (κ2) is 6.48. The van der Waals surface area contributed by atoms with E-state index >= 15 is 0 Å². The maximum atomic E-state index is 11.4. The summed E-state index contributed by atoms with van der Waals surface area (Å²) in [6.45, 7) is 0.427. The molecule has 0 spiro atoms. The highest BCUT2D eigenvalue weighted by Crippen LogP contribution is 2.24. The summed E-state index contributed by atoms with van der Waals surface area (Å²) in [6, 6.07) is 0.139. The first-order valence-electron chi connectivity index (χ1n) is 5.64. The minimum atomic E-state index is -0.718. The zero-order chi connectivity index (χ0) is 12.0. The first kappa shape index (κ1) is 13.0. The molecule has 1 aliphatic carbocycles. The van der Waals surface area contributed by atoms with Crippen molar-refractivity contribution in [2.24, 2.45) is 5.92 Å².